The third kappa shape index (κ3) is 110. The number of imidazole rings is 2. The van der Waals surface area contributed by atoms with Crippen LogP contribution < -0.4 is 49.7 Å². The number of amidine groups is 2. The average Bonchev–Trinajstić information content (AvgIpc) is 1.75. The van der Waals surface area contributed by atoms with Gasteiger partial charge in [0, 0.05) is 132 Å². The summed E-state index contributed by atoms with van der Waals surface area (Å²) in [6.45, 7) is 102. The predicted octanol–water partition coefficient (Wildman–Crippen LogP) is 21.4. The number of aliphatic imine (C=N–C) groups is 2. The van der Waals surface area contributed by atoms with E-state index in [1.54, 1.807) is 64.4 Å². The summed E-state index contributed by atoms with van der Waals surface area (Å²) < 4.78 is 0. The van der Waals surface area contributed by atoms with Gasteiger partial charge in [0.1, 0.15) is 24.3 Å². The first-order valence-electron chi connectivity index (χ1n) is 50.7. The maximum atomic E-state index is 10.8. The molecule has 1 atom stereocenters. The van der Waals surface area contributed by atoms with Crippen LogP contribution in [0.3, 0.4) is 0 Å². The Morgan fingerprint density at radius 1 is 0.437 bits per heavy atom. The van der Waals surface area contributed by atoms with E-state index in [-0.39, 0.29) is 82.5 Å². The summed E-state index contributed by atoms with van der Waals surface area (Å²) in [6, 6.07) is 11.0. The zero-order chi connectivity index (χ0) is 113. The lowest BCUT2D eigenvalue weighted by atomic mass is 9.98. The van der Waals surface area contributed by atoms with Crippen LogP contribution in [0.2, 0.25) is 0 Å². The Hall–Kier alpha value is -10.9. The second kappa shape index (κ2) is 92.5. The Morgan fingerprint density at radius 2 is 0.775 bits per heavy atom. The molecule has 0 aromatic carbocycles. The average molecular weight is 2010 g/mol. The van der Waals surface area contributed by atoms with E-state index in [1.165, 1.54) is 29.3 Å². The highest BCUT2D eigenvalue weighted by Crippen LogP contribution is 2.17. The number of nitrogens with zero attached hydrogens (tertiary/aromatic N) is 15. The van der Waals surface area contributed by atoms with Crippen molar-refractivity contribution in [3.8, 4) is 0 Å². The van der Waals surface area contributed by atoms with Crippen molar-refractivity contribution < 1.29 is 34.4 Å². The van der Waals surface area contributed by atoms with Crippen molar-refractivity contribution in [3.05, 3.63) is 134 Å². The van der Waals surface area contributed by atoms with Gasteiger partial charge in [-0.05, 0) is 127 Å². The quantitative estimate of drug-likeness (QED) is 0.0161. The first kappa shape index (κ1) is 151. The highest BCUT2D eigenvalue weighted by atomic mass is 16.3. The van der Waals surface area contributed by atoms with Gasteiger partial charge in [-0.15, -0.1) is 35.7 Å². The number of carbonyl (C=O) groups excluding carboxylic acids is 4. The van der Waals surface area contributed by atoms with Crippen LogP contribution in [-0.2, 0) is 19.2 Å². The van der Waals surface area contributed by atoms with Crippen molar-refractivity contribution in [1.29, 1.82) is 0 Å². The van der Waals surface area contributed by atoms with Crippen LogP contribution in [0.4, 0.5) is 0 Å². The number of aliphatic hydroxyl groups excluding tert-OH is 2. The molecule has 1 aliphatic heterocycles. The summed E-state index contributed by atoms with van der Waals surface area (Å²) in [6.07, 6.45) is 9.89. The summed E-state index contributed by atoms with van der Waals surface area (Å²) in [7, 11) is 0. The van der Waals surface area contributed by atoms with Gasteiger partial charge in [-0.1, -0.05) is 319 Å². The lowest BCUT2D eigenvalue weighted by molar-refractivity contribution is -0.390. The number of rotatable bonds is 23. The summed E-state index contributed by atoms with van der Waals surface area (Å²) in [5.74, 6) is 14.6. The number of aliphatic hydroxyl groups is 2. The van der Waals surface area contributed by atoms with Gasteiger partial charge in [0.15, 0.2) is 17.5 Å². The summed E-state index contributed by atoms with van der Waals surface area (Å²) in [5.41, 5.74) is 24.2. The van der Waals surface area contributed by atoms with Gasteiger partial charge in [-0.25, -0.2) is 15.0 Å². The van der Waals surface area contributed by atoms with Gasteiger partial charge in [0.25, 0.3) is 5.82 Å². The molecule has 0 radical (unpaired) electrons. The van der Waals surface area contributed by atoms with E-state index >= 15 is 0 Å². The second-order valence-electron chi connectivity index (χ2n) is 41.7. The monoisotopic (exact) mass is 2010 g/mol. The third-order valence-electron chi connectivity index (χ3n) is 16.4. The number of hydrogen-bond donors (Lipinski definition) is 15. The number of nitrogens with two attached hydrogens (primary N) is 4. The molecule has 20 N–H and O–H groups in total. The standard InChI is InChI=1S/2C9H16N2.C8H18O.C8H16O.2C7H16N2.2C7H15NO.C5H9N3.2C5H5NO.3C4H8N4.2C4H9NO.2C4H10/c2*1-6(2)8-5-10-9(11-8)7(3)4;2*1-6(2)5-8(9)7(3)4;2*1-5(2)7(8)9-6(3)4;2*1-5(2)7(9)8-6(3)4;1-4(2)5-3-6-8-7-5;2*7-5-3-1-2-4-6-5;3*1-3(2)4-5-7-8-6-4;2*1-3(2)4(5)6;2*1-4(2)3/h2*5-7H,1-4H3,(H,10,11);6-9H,5H2,1-4H3;5-7,9H,1-4H3;2*5-6H,1-4H3,(H2,8,9);2*5-6H,1-4H3,(H,8,9);4H,3H2,1-2H3;2*1-4H,(H,6,7);3*3H,1-2H3,(H,5,6,7,8);2*3H,1-2H3,(H2,5,6);2*4H,1-3H3/p+1/b;;;8-5-;;;;;;;;;;;;;;. The van der Waals surface area contributed by atoms with Crippen LogP contribution in [0.5, 0.6) is 0 Å². The number of H-pyrrole nitrogens is 8. The SMILES string of the molecule is CC(C)/C=C(\O)C(C)C.CC(C)C.CC(C)C.CC(C)C(N)=O.CC(C)C(N)=O.CC(C)C1=NN=NC1.CC(C)CC(O)C(C)C.CC(C)N=C(N)C(C)C.CC(C)N=C(N)C(C)C.CC(C)NC(=O)C(C)C.CC(C)NC(=O)C(C)C.CC(C)c1c[nH+]c(C(C)C)[nH]1.CC(C)c1cnc(C(C)C)[nH]1.CC(C)c1nn[nH]n1.CC(C)c1nn[nH]n1.CC(C)c1nn[nH]n1.O=c1cccc[nH]1.O=c1cccc[nH]1. The lowest BCUT2D eigenvalue weighted by Crippen LogP contribution is -2.33. The summed E-state index contributed by atoms with van der Waals surface area (Å²) in [5, 5.41) is 75.1. The van der Waals surface area contributed by atoms with Gasteiger partial charge in [-0.2, -0.15) is 20.8 Å². The Balaban J connectivity index is -0.000000163. The molecule has 0 aliphatic carbocycles. The number of primary amides is 2. The van der Waals surface area contributed by atoms with E-state index in [9.17, 15) is 33.9 Å². The van der Waals surface area contributed by atoms with Crippen molar-refractivity contribution in [2.45, 2.75) is 424 Å². The molecule has 0 spiro atoms. The molecule has 7 aromatic rings. The number of carbonyl (C=O) groups is 4. The highest BCUT2D eigenvalue weighted by Gasteiger charge is 2.16. The van der Waals surface area contributed by atoms with Crippen molar-refractivity contribution in [3.63, 3.8) is 0 Å². The Labute approximate surface area is 858 Å². The van der Waals surface area contributed by atoms with Crippen LogP contribution in [0.25, 0.3) is 0 Å². The minimum atomic E-state index is -0.241. The predicted molar refractivity (Wildman–Crippen MR) is 592 cm³/mol. The van der Waals surface area contributed by atoms with Gasteiger partial charge in [0.05, 0.1) is 35.2 Å². The number of hydrogen-bond acceptors (Lipinski definition) is 23. The van der Waals surface area contributed by atoms with Crippen LogP contribution in [0.1, 0.15) is 435 Å². The maximum Gasteiger partial charge on any atom is 0.254 e. The van der Waals surface area contributed by atoms with E-state index < -0.39 is 0 Å². The minimum absolute atomic E-state index is 0.00926. The van der Waals surface area contributed by atoms with E-state index in [2.05, 4.69) is 273 Å². The first-order valence-corrected chi connectivity index (χ1v) is 50.7. The van der Waals surface area contributed by atoms with Gasteiger partial charge in [0.2, 0.25) is 34.7 Å². The number of allylic oxidation sites excluding steroid dienone is 2. The molecular weight excluding hydrogens is 1800 g/mol. The number of nitrogens with one attached hydrogen (secondary N) is 10. The van der Waals surface area contributed by atoms with Gasteiger partial charge in [-0.3, -0.25) is 38.8 Å². The molecule has 0 bridgehead atoms. The molecule has 142 heavy (non-hydrogen) atoms. The Kier molecular flexibility index (Phi) is 98.6. The molecule has 1 unspecified atom stereocenters. The molecule has 37 heteroatoms. The van der Waals surface area contributed by atoms with E-state index in [1.807, 2.05) is 192 Å². The van der Waals surface area contributed by atoms with E-state index in [0.717, 1.165) is 58.9 Å². The first-order chi connectivity index (χ1) is 65.2. The molecule has 8 heterocycles. The Bertz CT molecular complexity index is 3920. The number of amides is 4. The molecule has 0 saturated carbocycles. The van der Waals surface area contributed by atoms with Crippen LogP contribution in [0, 0.1) is 76.9 Å². The second-order valence-corrected chi connectivity index (χ2v) is 41.7. The fraction of sp³-hybridized carbons (Fsp3) is 0.733. The normalized spacial score (nSPS) is 11.5. The molecule has 4 amide bonds. The molecule has 0 saturated heterocycles. The van der Waals surface area contributed by atoms with Crippen molar-refractivity contribution in [2.24, 2.45) is 125 Å². The smallest absolute Gasteiger partial charge is 0.254 e. The summed E-state index contributed by atoms with van der Waals surface area (Å²) >= 11 is 0. The van der Waals surface area contributed by atoms with Crippen molar-refractivity contribution in [1.82, 2.24) is 97.4 Å². The fourth-order valence-corrected chi connectivity index (χ4v) is 7.55. The molecule has 8 rings (SSSR count). The molecule has 37 nitrogen and oxygen atoms in total. The van der Waals surface area contributed by atoms with Crippen LogP contribution in [0.15, 0.2) is 108 Å². The maximum absolute atomic E-state index is 10.8. The molecule has 7 aromatic heterocycles. The fourth-order valence-electron chi connectivity index (χ4n) is 7.55. The number of aromatic amines is 8. The zero-order valence-corrected chi connectivity index (χ0v) is 98.1. The Morgan fingerprint density at radius 3 is 0.887 bits per heavy atom. The van der Waals surface area contributed by atoms with E-state index in [0.29, 0.717) is 101 Å². The molecule has 822 valence electrons. The number of tetrazole rings is 3. The van der Waals surface area contributed by atoms with Crippen LogP contribution >= 0.6 is 0 Å². The highest BCUT2D eigenvalue weighted by molar-refractivity contribution is 5.88. The van der Waals surface area contributed by atoms with Crippen molar-refractivity contribution in [2.75, 3.05) is 6.54 Å². The van der Waals surface area contributed by atoms with Gasteiger partial charge >= 0.3 is 0 Å². The molecular formula is C105H210N29O8+. The van der Waals surface area contributed by atoms with Crippen molar-refractivity contribution >= 4 is 41.0 Å². The number of pyridine rings is 2. The molecule has 0 fully saturated rings. The third-order valence-corrected chi connectivity index (χ3v) is 16.4. The number of aromatic nitrogens is 18. The van der Waals surface area contributed by atoms with E-state index in [4.69, 9.17) is 28.0 Å². The van der Waals surface area contributed by atoms with Crippen LogP contribution in [-0.4, -0.2) is 175 Å². The largest absolute Gasteiger partial charge is 0.512 e. The topological polar surface area (TPSA) is 586 Å². The van der Waals surface area contributed by atoms with Gasteiger partial charge < -0.3 is 58.7 Å². The summed E-state index contributed by atoms with van der Waals surface area (Å²) in [4.78, 5) is 89.4. The zero-order valence-electron chi connectivity index (χ0n) is 98.1. The molecule has 1 aliphatic rings. The minimum Gasteiger partial charge on any atom is -0.512 e. The lowest BCUT2D eigenvalue weighted by Gasteiger charge is -2.15.